The number of aromatic nitrogens is 2. The van der Waals surface area contributed by atoms with Gasteiger partial charge < -0.3 is 19.3 Å². The fourth-order valence-electron chi connectivity index (χ4n) is 4.72. The van der Waals surface area contributed by atoms with Crippen LogP contribution in [0.5, 0.6) is 0 Å². The molecule has 5 nitrogen and oxygen atoms in total. The van der Waals surface area contributed by atoms with E-state index in [0.29, 0.717) is 5.92 Å². The monoisotopic (exact) mass is 435 g/mol. The van der Waals surface area contributed by atoms with Gasteiger partial charge in [0.2, 0.25) is 0 Å². The van der Waals surface area contributed by atoms with Gasteiger partial charge in [0.1, 0.15) is 5.82 Å². The zero-order chi connectivity index (χ0) is 22.6. The second-order valence-electron chi connectivity index (χ2n) is 9.43. The Morgan fingerprint density at radius 3 is 2.44 bits per heavy atom. The largest absolute Gasteiger partial charge is 0.386 e. The van der Waals surface area contributed by atoms with Crippen molar-refractivity contribution in [3.05, 3.63) is 65.5 Å². The lowest BCUT2D eigenvalue weighted by Crippen LogP contribution is -2.35. The number of likely N-dealkylation sites (tertiary alicyclic amines) is 1. The van der Waals surface area contributed by atoms with Crippen molar-refractivity contribution in [2.24, 2.45) is 0 Å². The second-order valence-corrected chi connectivity index (χ2v) is 9.43. The number of hydrogen-bond donors (Lipinski definition) is 1. The van der Waals surface area contributed by atoms with Gasteiger partial charge in [-0.3, -0.25) is 0 Å². The maximum atomic E-state index is 10.1. The molecule has 1 aliphatic heterocycles. The molecular weight excluding hydrogens is 398 g/mol. The van der Waals surface area contributed by atoms with Gasteiger partial charge in [-0.15, -0.1) is 0 Å². The summed E-state index contributed by atoms with van der Waals surface area (Å²) >= 11 is 0. The van der Waals surface area contributed by atoms with E-state index in [0.717, 1.165) is 69.7 Å². The van der Waals surface area contributed by atoms with Crippen LogP contribution in [0.2, 0.25) is 0 Å². The first-order valence-corrected chi connectivity index (χ1v) is 12.0. The van der Waals surface area contributed by atoms with Crippen LogP contribution in [-0.2, 0) is 23.3 Å². The van der Waals surface area contributed by atoms with Crippen molar-refractivity contribution < 1.29 is 9.84 Å². The molecule has 0 unspecified atom stereocenters. The molecule has 4 rings (SSSR count). The quantitative estimate of drug-likeness (QED) is 0.494. The SMILES string of the molecule is CCOCCn1c(C2CCN(CCc3ccc(C(C)(C)O)cc3)CC2)nc2ccccc21. The van der Waals surface area contributed by atoms with Gasteiger partial charge in [-0.25, -0.2) is 4.98 Å². The van der Waals surface area contributed by atoms with E-state index in [1.807, 2.05) is 32.9 Å². The molecule has 0 radical (unpaired) electrons. The van der Waals surface area contributed by atoms with E-state index in [-0.39, 0.29) is 0 Å². The molecule has 32 heavy (non-hydrogen) atoms. The maximum Gasteiger partial charge on any atom is 0.113 e. The summed E-state index contributed by atoms with van der Waals surface area (Å²) in [6, 6.07) is 16.9. The van der Waals surface area contributed by atoms with Crippen LogP contribution < -0.4 is 0 Å². The first-order chi connectivity index (χ1) is 15.5. The summed E-state index contributed by atoms with van der Waals surface area (Å²) in [5, 5.41) is 10.1. The van der Waals surface area contributed by atoms with Crippen LogP contribution >= 0.6 is 0 Å². The molecule has 0 atom stereocenters. The number of piperidine rings is 1. The summed E-state index contributed by atoms with van der Waals surface area (Å²) in [5.41, 5.74) is 3.83. The van der Waals surface area contributed by atoms with E-state index in [1.165, 1.54) is 16.9 Å². The highest BCUT2D eigenvalue weighted by atomic mass is 16.5. The van der Waals surface area contributed by atoms with Crippen molar-refractivity contribution in [3.63, 3.8) is 0 Å². The number of aliphatic hydroxyl groups is 1. The van der Waals surface area contributed by atoms with Crippen molar-refractivity contribution in [1.82, 2.24) is 14.5 Å². The predicted molar refractivity (Wildman–Crippen MR) is 130 cm³/mol. The number of ether oxygens (including phenoxy) is 1. The minimum absolute atomic E-state index is 0.506. The van der Waals surface area contributed by atoms with Gasteiger partial charge in [-0.2, -0.15) is 0 Å². The highest BCUT2D eigenvalue weighted by molar-refractivity contribution is 5.76. The van der Waals surface area contributed by atoms with Crippen LogP contribution in [0.15, 0.2) is 48.5 Å². The normalized spacial score (nSPS) is 16.1. The van der Waals surface area contributed by atoms with Crippen LogP contribution in [0.3, 0.4) is 0 Å². The zero-order valence-electron chi connectivity index (χ0n) is 19.8. The number of benzene rings is 2. The number of rotatable bonds is 9. The minimum atomic E-state index is -0.778. The molecule has 0 amide bonds. The van der Waals surface area contributed by atoms with E-state index < -0.39 is 5.60 Å². The Labute approximate surface area is 192 Å². The van der Waals surface area contributed by atoms with E-state index >= 15 is 0 Å². The minimum Gasteiger partial charge on any atom is -0.386 e. The lowest BCUT2D eigenvalue weighted by molar-refractivity contribution is 0.0786. The summed E-state index contributed by atoms with van der Waals surface area (Å²) in [7, 11) is 0. The molecule has 0 aliphatic carbocycles. The van der Waals surface area contributed by atoms with Crippen LogP contribution in [0.25, 0.3) is 11.0 Å². The van der Waals surface area contributed by atoms with E-state index in [2.05, 4.69) is 45.9 Å². The number of nitrogens with zero attached hydrogens (tertiary/aromatic N) is 3. The first kappa shape index (κ1) is 23.0. The topological polar surface area (TPSA) is 50.5 Å². The number of fused-ring (bicyclic) bond motifs is 1. The summed E-state index contributed by atoms with van der Waals surface area (Å²) in [5.74, 6) is 1.74. The number of para-hydroxylation sites is 2. The molecule has 1 saturated heterocycles. The highest BCUT2D eigenvalue weighted by Crippen LogP contribution is 2.30. The number of hydrogen-bond acceptors (Lipinski definition) is 4. The Morgan fingerprint density at radius 2 is 1.75 bits per heavy atom. The first-order valence-electron chi connectivity index (χ1n) is 12.0. The van der Waals surface area contributed by atoms with Crippen LogP contribution in [0, 0.1) is 0 Å². The van der Waals surface area contributed by atoms with E-state index in [4.69, 9.17) is 9.72 Å². The molecule has 1 N–H and O–H groups in total. The Morgan fingerprint density at radius 1 is 1.03 bits per heavy atom. The van der Waals surface area contributed by atoms with E-state index in [1.54, 1.807) is 0 Å². The third-order valence-electron chi connectivity index (χ3n) is 6.68. The molecule has 0 spiro atoms. The van der Waals surface area contributed by atoms with Crippen LogP contribution in [-0.4, -0.2) is 52.4 Å². The van der Waals surface area contributed by atoms with Crippen LogP contribution in [0.4, 0.5) is 0 Å². The molecule has 5 heteroatoms. The average Bonchev–Trinajstić information content (AvgIpc) is 3.16. The highest BCUT2D eigenvalue weighted by Gasteiger charge is 2.25. The van der Waals surface area contributed by atoms with E-state index in [9.17, 15) is 5.11 Å². The number of imidazole rings is 1. The molecule has 172 valence electrons. The molecule has 0 bridgehead atoms. The molecule has 1 aromatic heterocycles. The van der Waals surface area contributed by atoms with Gasteiger partial charge in [0.25, 0.3) is 0 Å². The summed E-state index contributed by atoms with van der Waals surface area (Å²) in [4.78, 5) is 7.61. The molecular formula is C27H37N3O2. The van der Waals surface area contributed by atoms with Crippen molar-refractivity contribution in [2.75, 3.05) is 32.8 Å². The molecule has 1 aliphatic rings. The molecule has 2 heterocycles. The summed E-state index contributed by atoms with van der Waals surface area (Å²) < 4.78 is 8.03. The van der Waals surface area contributed by atoms with Gasteiger partial charge in [-0.05, 0) is 76.4 Å². The molecule has 3 aromatic rings. The van der Waals surface area contributed by atoms with Gasteiger partial charge in [0.05, 0.1) is 23.2 Å². The Bertz CT molecular complexity index is 996. The zero-order valence-corrected chi connectivity index (χ0v) is 19.8. The molecule has 0 saturated carbocycles. The fourth-order valence-corrected chi connectivity index (χ4v) is 4.72. The summed E-state index contributed by atoms with van der Waals surface area (Å²) in [6.07, 6.45) is 3.34. The van der Waals surface area contributed by atoms with Crippen molar-refractivity contribution >= 4 is 11.0 Å². The maximum absolute atomic E-state index is 10.1. The van der Waals surface area contributed by atoms with Gasteiger partial charge in [-0.1, -0.05) is 36.4 Å². The fraction of sp³-hybridized carbons (Fsp3) is 0.519. The van der Waals surface area contributed by atoms with Crippen molar-refractivity contribution in [1.29, 1.82) is 0 Å². The van der Waals surface area contributed by atoms with Crippen LogP contribution in [0.1, 0.15) is 56.5 Å². The molecule has 2 aromatic carbocycles. The predicted octanol–water partition coefficient (Wildman–Crippen LogP) is 4.72. The standard InChI is InChI=1S/C27H37N3O2/c1-4-32-20-19-30-25-8-6-5-7-24(25)28-26(30)22-14-17-29(18-15-22)16-13-21-9-11-23(12-10-21)27(2,3)31/h5-12,22,31H,4,13-20H2,1-3H3. The third kappa shape index (κ3) is 5.40. The Balaban J connectivity index is 1.35. The smallest absolute Gasteiger partial charge is 0.113 e. The van der Waals surface area contributed by atoms with Gasteiger partial charge in [0, 0.05) is 25.6 Å². The van der Waals surface area contributed by atoms with Gasteiger partial charge in [0.15, 0.2) is 0 Å². The lowest BCUT2D eigenvalue weighted by atomic mass is 9.95. The third-order valence-corrected chi connectivity index (χ3v) is 6.68. The second kappa shape index (κ2) is 10.2. The Kier molecular flexibility index (Phi) is 7.29. The summed E-state index contributed by atoms with van der Waals surface area (Å²) in [6.45, 7) is 11.4. The van der Waals surface area contributed by atoms with Crippen molar-refractivity contribution in [2.45, 2.75) is 58.1 Å². The van der Waals surface area contributed by atoms with Gasteiger partial charge >= 0.3 is 0 Å². The van der Waals surface area contributed by atoms with Crippen molar-refractivity contribution in [3.8, 4) is 0 Å². The molecule has 1 fully saturated rings. The average molecular weight is 436 g/mol. The Hall–Kier alpha value is -2.21. The lowest BCUT2D eigenvalue weighted by Gasteiger charge is -2.32.